The fraction of sp³-hybridized carbons (Fsp3) is 0.607. The Kier molecular flexibility index (Phi) is 7.39. The maximum absolute atomic E-state index is 14.0. The van der Waals surface area contributed by atoms with Crippen molar-refractivity contribution in [3.63, 3.8) is 0 Å². The van der Waals surface area contributed by atoms with Crippen molar-refractivity contribution in [3.05, 3.63) is 47.0 Å². The van der Waals surface area contributed by atoms with Crippen molar-refractivity contribution in [2.24, 2.45) is 5.92 Å². The van der Waals surface area contributed by atoms with Crippen LogP contribution in [0.1, 0.15) is 56.7 Å². The van der Waals surface area contributed by atoms with Crippen molar-refractivity contribution in [1.82, 2.24) is 24.4 Å². The number of hydrogen-bond acceptors (Lipinski definition) is 6. The Balaban J connectivity index is 1.28. The Hall–Kier alpha value is -2.57. The molecule has 2 aromatic heterocycles. The molecule has 6 rings (SSSR count). The molecule has 0 spiro atoms. The number of imidazole rings is 1. The van der Waals surface area contributed by atoms with Gasteiger partial charge in [-0.2, -0.15) is 23.1 Å². The highest BCUT2D eigenvalue weighted by Gasteiger charge is 2.51. The zero-order chi connectivity index (χ0) is 29.1. The van der Waals surface area contributed by atoms with Crippen molar-refractivity contribution < 1.29 is 26.7 Å². The molecule has 1 saturated carbocycles. The average Bonchev–Trinajstić information content (AvgIpc) is 3.55. The van der Waals surface area contributed by atoms with Gasteiger partial charge in [-0.05, 0) is 61.9 Å². The maximum atomic E-state index is 14.0. The lowest BCUT2D eigenvalue weighted by Crippen LogP contribution is -2.59. The van der Waals surface area contributed by atoms with Gasteiger partial charge in [0.1, 0.15) is 0 Å². The van der Waals surface area contributed by atoms with Crippen LogP contribution in [0.3, 0.4) is 0 Å². The van der Waals surface area contributed by atoms with E-state index in [1.165, 1.54) is 12.1 Å². The van der Waals surface area contributed by atoms with Crippen LogP contribution < -0.4 is 4.90 Å². The van der Waals surface area contributed by atoms with E-state index >= 15 is 0 Å². The summed E-state index contributed by atoms with van der Waals surface area (Å²) in [4.78, 5) is 17.9. The number of rotatable bonds is 6. The smallest absolute Gasteiger partial charge is 0.376 e. The van der Waals surface area contributed by atoms with Gasteiger partial charge in [0.25, 0.3) is 0 Å². The van der Waals surface area contributed by atoms with E-state index in [1.807, 2.05) is 18.4 Å². The number of alkyl halides is 5. The summed E-state index contributed by atoms with van der Waals surface area (Å²) < 4.78 is 75.4. The first-order valence-electron chi connectivity index (χ1n) is 14.0. The van der Waals surface area contributed by atoms with Gasteiger partial charge in [0.15, 0.2) is 17.0 Å². The summed E-state index contributed by atoms with van der Waals surface area (Å²) in [5, 5.41) is 0.100. The quantitative estimate of drug-likeness (QED) is 0.243. The summed E-state index contributed by atoms with van der Waals surface area (Å²) >= 11 is 6.39. The van der Waals surface area contributed by atoms with Gasteiger partial charge in [-0.3, -0.25) is 4.90 Å². The van der Waals surface area contributed by atoms with E-state index in [0.29, 0.717) is 42.2 Å². The standard InChI is InChI=1S/C28H32ClF5N6O/c1-16-13-40(25-22-24(36-26(29)37-25)38(15-35-22)14-21-4-3-9-41-21)17(2)12-39(16)23(19-10-27(30,31)11-19)18-5-7-20(8-6-18)28(32,33)34/h5-8,15-17,19,21,23H,3-4,9-14H2,1-2H3/t16-,17+,21+,23?/m1/s1. The normalized spacial score (nSPS) is 26.4. The Morgan fingerprint density at radius 1 is 1.07 bits per heavy atom. The van der Waals surface area contributed by atoms with Crippen molar-refractivity contribution >= 4 is 28.6 Å². The molecular weight excluding hydrogens is 567 g/mol. The summed E-state index contributed by atoms with van der Waals surface area (Å²) in [6, 6.07) is 4.28. The molecule has 7 nitrogen and oxygen atoms in total. The molecular formula is C28H32ClF5N6O. The van der Waals surface area contributed by atoms with E-state index in [-0.39, 0.29) is 42.2 Å². The Morgan fingerprint density at radius 2 is 1.80 bits per heavy atom. The van der Waals surface area contributed by atoms with Crippen LogP contribution in [0.25, 0.3) is 11.2 Å². The topological polar surface area (TPSA) is 59.3 Å². The van der Waals surface area contributed by atoms with Crippen molar-refractivity contribution in [2.45, 2.75) is 82.4 Å². The fourth-order valence-corrected chi connectivity index (χ4v) is 6.78. The van der Waals surface area contributed by atoms with Crippen LogP contribution >= 0.6 is 11.6 Å². The Labute approximate surface area is 239 Å². The lowest BCUT2D eigenvalue weighted by atomic mass is 9.73. The number of aromatic nitrogens is 4. The van der Waals surface area contributed by atoms with Crippen LogP contribution in [0.15, 0.2) is 30.6 Å². The minimum absolute atomic E-state index is 0.0908. The molecule has 1 aromatic carbocycles. The average molecular weight is 599 g/mol. The zero-order valence-electron chi connectivity index (χ0n) is 22.8. The second-order valence-electron chi connectivity index (χ2n) is 11.7. The summed E-state index contributed by atoms with van der Waals surface area (Å²) in [6.07, 6.45) is -1.24. The van der Waals surface area contributed by atoms with E-state index < -0.39 is 23.7 Å². The number of piperazine rings is 1. The molecule has 4 atom stereocenters. The highest BCUT2D eigenvalue weighted by atomic mass is 35.5. The molecule has 0 amide bonds. The molecule has 1 unspecified atom stereocenters. The molecule has 13 heteroatoms. The van der Waals surface area contributed by atoms with Gasteiger partial charge in [-0.25, -0.2) is 13.8 Å². The van der Waals surface area contributed by atoms with Crippen LogP contribution in [-0.4, -0.2) is 68.2 Å². The molecule has 1 aliphatic carbocycles. The molecule has 4 heterocycles. The van der Waals surface area contributed by atoms with Crippen LogP contribution in [0.2, 0.25) is 5.28 Å². The van der Waals surface area contributed by atoms with E-state index in [9.17, 15) is 22.0 Å². The molecule has 0 N–H and O–H groups in total. The van der Waals surface area contributed by atoms with Crippen molar-refractivity contribution in [2.75, 3.05) is 24.6 Å². The van der Waals surface area contributed by atoms with Gasteiger partial charge < -0.3 is 14.2 Å². The molecule has 3 aliphatic rings. The minimum atomic E-state index is -4.47. The third-order valence-corrected chi connectivity index (χ3v) is 8.82. The molecule has 2 aliphatic heterocycles. The van der Waals surface area contributed by atoms with Gasteiger partial charge >= 0.3 is 6.18 Å². The number of halogens is 6. The number of benzene rings is 1. The number of ether oxygens (including phenoxy) is 1. The number of hydrogen-bond donors (Lipinski definition) is 0. The number of fused-ring (bicyclic) bond motifs is 1. The third-order valence-electron chi connectivity index (χ3n) is 8.65. The second-order valence-corrected chi connectivity index (χ2v) is 12.0. The number of nitrogens with zero attached hydrogens (tertiary/aromatic N) is 6. The van der Waals surface area contributed by atoms with E-state index in [2.05, 4.69) is 24.8 Å². The molecule has 3 fully saturated rings. The maximum Gasteiger partial charge on any atom is 0.416 e. The second kappa shape index (κ2) is 10.6. The van der Waals surface area contributed by atoms with Crippen LogP contribution in [0.4, 0.5) is 27.8 Å². The van der Waals surface area contributed by atoms with Crippen molar-refractivity contribution in [1.29, 1.82) is 0 Å². The third kappa shape index (κ3) is 5.62. The molecule has 2 saturated heterocycles. The van der Waals surface area contributed by atoms with E-state index in [4.69, 9.17) is 16.3 Å². The summed E-state index contributed by atoms with van der Waals surface area (Å²) in [6.45, 7) is 6.37. The van der Waals surface area contributed by atoms with Crippen LogP contribution in [-0.2, 0) is 17.5 Å². The lowest BCUT2D eigenvalue weighted by molar-refractivity contribution is -0.138. The Morgan fingerprint density at radius 3 is 2.44 bits per heavy atom. The summed E-state index contributed by atoms with van der Waals surface area (Å²) in [7, 11) is 0. The van der Waals surface area contributed by atoms with E-state index in [1.54, 1.807) is 6.33 Å². The monoisotopic (exact) mass is 598 g/mol. The van der Waals surface area contributed by atoms with Gasteiger partial charge in [0.05, 0.1) is 24.5 Å². The first-order chi connectivity index (χ1) is 19.4. The highest BCUT2D eigenvalue weighted by Crippen LogP contribution is 2.51. The first-order valence-corrected chi connectivity index (χ1v) is 14.3. The van der Waals surface area contributed by atoms with E-state index in [0.717, 1.165) is 31.6 Å². The lowest BCUT2D eigenvalue weighted by Gasteiger charge is -2.52. The summed E-state index contributed by atoms with van der Waals surface area (Å²) in [5.41, 5.74) is 1.11. The fourth-order valence-electron chi connectivity index (χ4n) is 6.62. The molecule has 0 radical (unpaired) electrons. The van der Waals surface area contributed by atoms with Crippen molar-refractivity contribution in [3.8, 4) is 0 Å². The van der Waals surface area contributed by atoms with Gasteiger partial charge in [0, 0.05) is 50.7 Å². The molecule has 0 bridgehead atoms. The highest BCUT2D eigenvalue weighted by molar-refractivity contribution is 6.28. The summed E-state index contributed by atoms with van der Waals surface area (Å²) in [5.74, 6) is -2.51. The molecule has 41 heavy (non-hydrogen) atoms. The van der Waals surface area contributed by atoms with Gasteiger partial charge in [0.2, 0.25) is 11.2 Å². The predicted molar refractivity (Wildman–Crippen MR) is 144 cm³/mol. The SMILES string of the molecule is C[C@@H]1CN(c2nc(Cl)nc3c2ncn3C[C@@H]2CCCO2)[C@@H](C)CN1C(c1ccc(C(F)(F)F)cc1)C1CC(F)(F)C1. The van der Waals surface area contributed by atoms with Gasteiger partial charge in [-0.15, -0.1) is 0 Å². The largest absolute Gasteiger partial charge is 0.416 e. The number of anilines is 1. The minimum Gasteiger partial charge on any atom is -0.376 e. The Bertz CT molecular complexity index is 1390. The predicted octanol–water partition coefficient (Wildman–Crippen LogP) is 6.36. The molecule has 222 valence electrons. The van der Waals surface area contributed by atoms with Crippen LogP contribution in [0, 0.1) is 5.92 Å². The first kappa shape index (κ1) is 28.5. The zero-order valence-corrected chi connectivity index (χ0v) is 23.5. The molecule has 3 aromatic rings. The van der Waals surface area contributed by atoms with Crippen LogP contribution in [0.5, 0.6) is 0 Å². The van der Waals surface area contributed by atoms with Gasteiger partial charge in [-0.1, -0.05) is 12.1 Å².